The average molecular weight is 279 g/mol. The van der Waals surface area contributed by atoms with E-state index >= 15 is 0 Å². The smallest absolute Gasteiger partial charge is 0.141 e. The average Bonchev–Trinajstić information content (AvgIpc) is 2.34. The highest BCUT2D eigenvalue weighted by Gasteiger charge is 2.09. The van der Waals surface area contributed by atoms with Crippen LogP contribution >= 0.6 is 11.6 Å². The van der Waals surface area contributed by atoms with Crippen LogP contribution in [0.3, 0.4) is 0 Å². The molecule has 0 bridgehead atoms. The highest BCUT2D eigenvalue weighted by atomic mass is 35.5. The molecule has 2 aromatic carbocycles. The Bertz CT molecular complexity index is 568. The van der Waals surface area contributed by atoms with Gasteiger partial charge in [-0.25, -0.2) is 4.39 Å². The summed E-state index contributed by atoms with van der Waals surface area (Å²) in [5.74, 6) is -0.432. The number of aliphatic hydroxyl groups excluding tert-OH is 1. The van der Waals surface area contributed by atoms with E-state index in [2.05, 4.69) is 6.07 Å². The molecule has 0 spiro atoms. The molecule has 1 unspecified atom stereocenters. The molecule has 2 aromatic rings. The second-order valence-electron chi connectivity index (χ2n) is 4.80. The van der Waals surface area contributed by atoms with Crippen molar-refractivity contribution in [3.05, 3.63) is 70.0 Å². The second kappa shape index (κ2) is 6.18. The van der Waals surface area contributed by atoms with Gasteiger partial charge in [0.15, 0.2) is 0 Å². The molecule has 0 radical (unpaired) electrons. The number of benzene rings is 2. The van der Waals surface area contributed by atoms with Gasteiger partial charge in [-0.2, -0.15) is 0 Å². The van der Waals surface area contributed by atoms with Crippen LogP contribution < -0.4 is 0 Å². The van der Waals surface area contributed by atoms with Gasteiger partial charge in [0.1, 0.15) is 5.82 Å². The molecule has 0 aliphatic carbocycles. The first-order valence-electron chi connectivity index (χ1n) is 6.22. The molecule has 0 saturated heterocycles. The first kappa shape index (κ1) is 14.0. The summed E-state index contributed by atoms with van der Waals surface area (Å²) in [6.45, 7) is 2.02. The lowest BCUT2D eigenvalue weighted by molar-refractivity contribution is 0.175. The predicted octanol–water partition coefficient (Wildman–Crippen LogP) is 3.93. The standard InChI is InChI=1S/C16H16ClFO/c1-11-3-2-4-12(7-11)8-14(19)9-13-5-6-16(18)15(17)10-13/h2-7,10,14,19H,8-9H2,1H3. The van der Waals surface area contributed by atoms with E-state index in [1.165, 1.54) is 11.6 Å². The summed E-state index contributed by atoms with van der Waals surface area (Å²) in [6.07, 6.45) is 0.549. The Hall–Kier alpha value is -1.38. The summed E-state index contributed by atoms with van der Waals surface area (Å²) in [5.41, 5.74) is 3.11. The summed E-state index contributed by atoms with van der Waals surface area (Å²) < 4.78 is 13.0. The van der Waals surface area contributed by atoms with Crippen LogP contribution in [-0.4, -0.2) is 11.2 Å². The maximum atomic E-state index is 13.0. The monoisotopic (exact) mass is 278 g/mol. The molecule has 0 amide bonds. The Morgan fingerprint density at radius 2 is 1.79 bits per heavy atom. The van der Waals surface area contributed by atoms with Crippen LogP contribution in [0, 0.1) is 12.7 Å². The lowest BCUT2D eigenvalue weighted by Crippen LogP contribution is -2.14. The summed E-state index contributed by atoms with van der Waals surface area (Å²) >= 11 is 5.72. The molecule has 2 rings (SSSR count). The Balaban J connectivity index is 2.01. The van der Waals surface area contributed by atoms with E-state index in [9.17, 15) is 9.50 Å². The van der Waals surface area contributed by atoms with Gasteiger partial charge in [-0.05, 0) is 43.0 Å². The largest absolute Gasteiger partial charge is 0.392 e. The van der Waals surface area contributed by atoms with E-state index in [0.29, 0.717) is 12.8 Å². The minimum Gasteiger partial charge on any atom is -0.392 e. The molecule has 1 N–H and O–H groups in total. The van der Waals surface area contributed by atoms with Gasteiger partial charge in [-0.15, -0.1) is 0 Å². The fourth-order valence-electron chi connectivity index (χ4n) is 2.12. The van der Waals surface area contributed by atoms with Crippen LogP contribution in [0.4, 0.5) is 4.39 Å². The first-order valence-corrected chi connectivity index (χ1v) is 6.60. The quantitative estimate of drug-likeness (QED) is 0.898. The number of aryl methyl sites for hydroxylation is 1. The molecule has 3 heteroatoms. The molecule has 100 valence electrons. The SMILES string of the molecule is Cc1cccc(CC(O)Cc2ccc(F)c(Cl)c2)c1. The third-order valence-corrected chi connectivity index (χ3v) is 3.30. The van der Waals surface area contributed by atoms with Crippen LogP contribution in [0.2, 0.25) is 5.02 Å². The highest BCUT2D eigenvalue weighted by molar-refractivity contribution is 6.30. The van der Waals surface area contributed by atoms with Gasteiger partial charge in [0.05, 0.1) is 11.1 Å². The van der Waals surface area contributed by atoms with Gasteiger partial charge in [-0.3, -0.25) is 0 Å². The molecular weight excluding hydrogens is 263 g/mol. The minimum atomic E-state index is -0.497. The number of hydrogen-bond donors (Lipinski definition) is 1. The molecule has 0 heterocycles. The van der Waals surface area contributed by atoms with Gasteiger partial charge in [0.25, 0.3) is 0 Å². The normalized spacial score (nSPS) is 12.4. The van der Waals surface area contributed by atoms with Crippen LogP contribution in [0.25, 0.3) is 0 Å². The van der Waals surface area contributed by atoms with Gasteiger partial charge >= 0.3 is 0 Å². The van der Waals surface area contributed by atoms with Gasteiger partial charge in [0.2, 0.25) is 0 Å². The van der Waals surface area contributed by atoms with E-state index in [1.54, 1.807) is 12.1 Å². The van der Waals surface area contributed by atoms with E-state index in [-0.39, 0.29) is 5.02 Å². The zero-order valence-electron chi connectivity index (χ0n) is 10.7. The van der Waals surface area contributed by atoms with Crippen LogP contribution in [0.5, 0.6) is 0 Å². The lowest BCUT2D eigenvalue weighted by atomic mass is 10.0. The summed E-state index contributed by atoms with van der Waals surface area (Å²) in [5, 5.41) is 10.2. The topological polar surface area (TPSA) is 20.2 Å². The van der Waals surface area contributed by atoms with Crippen LogP contribution in [-0.2, 0) is 12.8 Å². The van der Waals surface area contributed by atoms with Crippen molar-refractivity contribution in [1.29, 1.82) is 0 Å². The molecule has 19 heavy (non-hydrogen) atoms. The first-order chi connectivity index (χ1) is 9.04. The fraction of sp³-hybridized carbons (Fsp3) is 0.250. The third-order valence-electron chi connectivity index (χ3n) is 3.01. The molecular formula is C16H16ClFO. The van der Waals surface area contributed by atoms with E-state index in [1.807, 2.05) is 25.1 Å². The molecule has 0 fully saturated rings. The fourth-order valence-corrected chi connectivity index (χ4v) is 2.33. The molecule has 0 aromatic heterocycles. The van der Waals surface area contributed by atoms with Crippen molar-refractivity contribution >= 4 is 11.6 Å². The summed E-state index contributed by atoms with van der Waals surface area (Å²) in [4.78, 5) is 0. The van der Waals surface area contributed by atoms with Gasteiger partial charge in [0, 0.05) is 0 Å². The minimum absolute atomic E-state index is 0.0975. The molecule has 0 saturated carbocycles. The number of hydrogen-bond acceptors (Lipinski definition) is 1. The number of rotatable bonds is 4. The van der Waals surface area contributed by atoms with Crippen molar-refractivity contribution in [2.75, 3.05) is 0 Å². The highest BCUT2D eigenvalue weighted by Crippen LogP contribution is 2.18. The van der Waals surface area contributed by atoms with Crippen molar-refractivity contribution in [3.8, 4) is 0 Å². The van der Waals surface area contributed by atoms with Crippen molar-refractivity contribution in [2.24, 2.45) is 0 Å². The van der Waals surface area contributed by atoms with E-state index < -0.39 is 11.9 Å². The Kier molecular flexibility index (Phi) is 4.56. The van der Waals surface area contributed by atoms with Crippen molar-refractivity contribution in [2.45, 2.75) is 25.9 Å². The lowest BCUT2D eigenvalue weighted by Gasteiger charge is -2.11. The van der Waals surface area contributed by atoms with E-state index in [0.717, 1.165) is 11.1 Å². The van der Waals surface area contributed by atoms with Crippen molar-refractivity contribution < 1.29 is 9.50 Å². The molecule has 1 nitrogen and oxygen atoms in total. The zero-order valence-corrected chi connectivity index (χ0v) is 11.5. The summed E-state index contributed by atoms with van der Waals surface area (Å²) in [7, 11) is 0. The third kappa shape index (κ3) is 4.05. The number of aliphatic hydroxyl groups is 1. The van der Waals surface area contributed by atoms with Crippen molar-refractivity contribution in [1.82, 2.24) is 0 Å². The van der Waals surface area contributed by atoms with Crippen molar-refractivity contribution in [3.63, 3.8) is 0 Å². The second-order valence-corrected chi connectivity index (χ2v) is 5.21. The van der Waals surface area contributed by atoms with E-state index in [4.69, 9.17) is 11.6 Å². The molecule has 0 aliphatic rings. The van der Waals surface area contributed by atoms with Crippen LogP contribution in [0.1, 0.15) is 16.7 Å². The maximum Gasteiger partial charge on any atom is 0.141 e. The zero-order chi connectivity index (χ0) is 13.8. The van der Waals surface area contributed by atoms with Crippen LogP contribution in [0.15, 0.2) is 42.5 Å². The number of halogens is 2. The summed E-state index contributed by atoms with van der Waals surface area (Å²) in [6, 6.07) is 12.6. The van der Waals surface area contributed by atoms with Gasteiger partial charge in [-0.1, -0.05) is 47.5 Å². The Labute approximate surface area is 117 Å². The maximum absolute atomic E-state index is 13.0. The Morgan fingerprint density at radius 1 is 1.11 bits per heavy atom. The molecule has 0 aliphatic heterocycles. The molecule has 1 atom stereocenters. The van der Waals surface area contributed by atoms with Gasteiger partial charge < -0.3 is 5.11 Å². The predicted molar refractivity (Wildman–Crippen MR) is 76.0 cm³/mol. The Morgan fingerprint density at radius 3 is 2.42 bits per heavy atom.